The number of carboxylic acid groups (broad SMARTS) is 1. The number of ether oxygens (including phenoxy) is 2. The summed E-state index contributed by atoms with van der Waals surface area (Å²) in [4.78, 5) is 23.5. The Morgan fingerprint density at radius 1 is 1.18 bits per heavy atom. The summed E-state index contributed by atoms with van der Waals surface area (Å²) < 4.78 is 10.4. The number of rotatable bonds is 7. The molecule has 6 heteroatoms. The maximum absolute atomic E-state index is 12.3. The summed E-state index contributed by atoms with van der Waals surface area (Å²) in [6, 6.07) is 2.22. The van der Waals surface area contributed by atoms with Gasteiger partial charge in [0.15, 0.2) is 0 Å². The van der Waals surface area contributed by atoms with Gasteiger partial charge in [0.25, 0.3) is 5.91 Å². The Kier molecular flexibility index (Phi) is 6.22. The predicted molar refractivity (Wildman–Crippen MR) is 82.6 cm³/mol. The van der Waals surface area contributed by atoms with Crippen LogP contribution >= 0.6 is 0 Å². The van der Waals surface area contributed by atoms with Crippen molar-refractivity contribution in [3.63, 3.8) is 0 Å². The molecule has 1 aromatic rings. The summed E-state index contributed by atoms with van der Waals surface area (Å²) in [6.45, 7) is 5.62. The highest BCUT2D eigenvalue weighted by Gasteiger charge is 2.23. The van der Waals surface area contributed by atoms with Crippen LogP contribution in [0.4, 0.5) is 0 Å². The van der Waals surface area contributed by atoms with Crippen molar-refractivity contribution in [3.05, 3.63) is 23.3 Å². The quantitative estimate of drug-likeness (QED) is 0.807. The lowest BCUT2D eigenvalue weighted by molar-refractivity contribution is -0.139. The molecule has 2 N–H and O–H groups in total. The van der Waals surface area contributed by atoms with Crippen LogP contribution in [-0.2, 0) is 4.79 Å². The number of hydrogen-bond acceptors (Lipinski definition) is 4. The minimum atomic E-state index is -1.05. The number of hydrogen-bond donors (Lipinski definition) is 2. The van der Waals surface area contributed by atoms with E-state index in [2.05, 4.69) is 5.32 Å². The third-order valence-electron chi connectivity index (χ3n) is 3.32. The molecule has 0 aromatic heterocycles. The van der Waals surface area contributed by atoms with Gasteiger partial charge in [0.2, 0.25) is 0 Å². The molecule has 0 bridgehead atoms. The predicted octanol–water partition coefficient (Wildman–Crippen LogP) is 2.24. The lowest BCUT2D eigenvalue weighted by Crippen LogP contribution is -2.41. The van der Waals surface area contributed by atoms with Crippen LogP contribution in [-0.4, -0.2) is 37.2 Å². The van der Waals surface area contributed by atoms with E-state index in [-0.39, 0.29) is 5.92 Å². The number of carboxylic acids is 1. The van der Waals surface area contributed by atoms with Gasteiger partial charge in [-0.2, -0.15) is 0 Å². The highest BCUT2D eigenvalue weighted by molar-refractivity contribution is 5.97. The first-order valence-corrected chi connectivity index (χ1v) is 7.06. The number of carbonyl (C=O) groups excluding carboxylic acids is 1. The van der Waals surface area contributed by atoms with Gasteiger partial charge in [0.05, 0.1) is 14.2 Å². The van der Waals surface area contributed by atoms with Crippen molar-refractivity contribution in [2.24, 2.45) is 5.92 Å². The molecule has 0 radical (unpaired) electrons. The van der Waals surface area contributed by atoms with Crippen LogP contribution in [0.25, 0.3) is 0 Å². The molecule has 6 nitrogen and oxygen atoms in total. The average molecular weight is 309 g/mol. The van der Waals surface area contributed by atoms with Gasteiger partial charge in [-0.05, 0) is 31.4 Å². The van der Waals surface area contributed by atoms with Crippen molar-refractivity contribution in [1.29, 1.82) is 0 Å². The van der Waals surface area contributed by atoms with Crippen molar-refractivity contribution in [2.75, 3.05) is 14.2 Å². The van der Waals surface area contributed by atoms with Crippen molar-refractivity contribution < 1.29 is 24.2 Å². The molecular formula is C16H23NO5. The molecule has 1 rings (SSSR count). The molecule has 1 unspecified atom stereocenters. The van der Waals surface area contributed by atoms with Crippen LogP contribution in [0.5, 0.6) is 11.5 Å². The number of aliphatic carboxylic acids is 1. The van der Waals surface area contributed by atoms with E-state index in [1.54, 1.807) is 12.1 Å². The van der Waals surface area contributed by atoms with Crippen molar-refractivity contribution in [3.8, 4) is 11.5 Å². The van der Waals surface area contributed by atoms with Crippen LogP contribution in [0, 0.1) is 12.8 Å². The maximum atomic E-state index is 12.3. The van der Waals surface area contributed by atoms with E-state index >= 15 is 0 Å². The van der Waals surface area contributed by atoms with E-state index in [1.165, 1.54) is 14.2 Å². The van der Waals surface area contributed by atoms with Crippen molar-refractivity contribution in [1.82, 2.24) is 5.32 Å². The average Bonchev–Trinajstić information content (AvgIpc) is 2.46. The van der Waals surface area contributed by atoms with Gasteiger partial charge >= 0.3 is 5.97 Å². The fraction of sp³-hybridized carbons (Fsp3) is 0.500. The van der Waals surface area contributed by atoms with Gasteiger partial charge in [-0.1, -0.05) is 13.8 Å². The van der Waals surface area contributed by atoms with Crippen molar-refractivity contribution >= 4 is 11.9 Å². The minimum absolute atomic E-state index is 0.156. The van der Waals surface area contributed by atoms with Crippen LogP contribution in [0.15, 0.2) is 12.1 Å². The summed E-state index contributed by atoms with van der Waals surface area (Å²) in [5.74, 6) is -0.332. The molecule has 0 saturated heterocycles. The highest BCUT2D eigenvalue weighted by Crippen LogP contribution is 2.29. The second kappa shape index (κ2) is 7.68. The van der Waals surface area contributed by atoms with Crippen LogP contribution < -0.4 is 14.8 Å². The maximum Gasteiger partial charge on any atom is 0.326 e. The third kappa shape index (κ3) is 4.38. The molecule has 122 valence electrons. The zero-order valence-corrected chi connectivity index (χ0v) is 13.6. The second-order valence-corrected chi connectivity index (χ2v) is 5.50. The van der Waals surface area contributed by atoms with Crippen LogP contribution in [0.1, 0.15) is 36.2 Å². The Morgan fingerprint density at radius 2 is 1.68 bits per heavy atom. The lowest BCUT2D eigenvalue weighted by atomic mass is 10.0. The van der Waals surface area contributed by atoms with Gasteiger partial charge < -0.3 is 19.9 Å². The van der Waals surface area contributed by atoms with Crippen LogP contribution in [0.3, 0.4) is 0 Å². The molecule has 1 amide bonds. The fourth-order valence-corrected chi connectivity index (χ4v) is 2.15. The van der Waals surface area contributed by atoms with E-state index in [1.807, 2.05) is 20.8 Å². The largest absolute Gasteiger partial charge is 0.496 e. The highest BCUT2D eigenvalue weighted by atomic mass is 16.5. The number of nitrogens with one attached hydrogen (secondary N) is 1. The summed E-state index contributed by atoms with van der Waals surface area (Å²) >= 11 is 0. The standard InChI is InChI=1S/C16H23NO5/c1-9(2)6-12(16(19)20)17-15(18)11-7-13(21-4)10(3)14(8-11)22-5/h7-9,12H,6H2,1-5H3,(H,17,18)(H,19,20). The summed E-state index contributed by atoms with van der Waals surface area (Å²) in [5, 5.41) is 11.7. The monoisotopic (exact) mass is 309 g/mol. The van der Waals surface area contributed by atoms with Gasteiger partial charge in [-0.15, -0.1) is 0 Å². The van der Waals surface area contributed by atoms with E-state index < -0.39 is 17.9 Å². The molecule has 0 heterocycles. The summed E-state index contributed by atoms with van der Waals surface area (Å²) in [5.41, 5.74) is 1.08. The minimum Gasteiger partial charge on any atom is -0.496 e. The zero-order valence-electron chi connectivity index (χ0n) is 13.6. The smallest absolute Gasteiger partial charge is 0.326 e. The molecule has 22 heavy (non-hydrogen) atoms. The molecule has 1 aromatic carbocycles. The molecule has 0 saturated carbocycles. The molecule has 0 spiro atoms. The van der Waals surface area contributed by atoms with Gasteiger partial charge in [0.1, 0.15) is 17.5 Å². The Hall–Kier alpha value is -2.24. The SMILES string of the molecule is COc1cc(C(=O)NC(CC(C)C)C(=O)O)cc(OC)c1C. The first-order valence-electron chi connectivity index (χ1n) is 7.06. The van der Waals surface area contributed by atoms with Gasteiger partial charge in [0, 0.05) is 11.1 Å². The third-order valence-corrected chi connectivity index (χ3v) is 3.32. The molecule has 0 aliphatic carbocycles. The number of carbonyl (C=O) groups is 2. The number of methoxy groups -OCH3 is 2. The number of benzene rings is 1. The molecule has 0 aliphatic rings. The van der Waals surface area contributed by atoms with E-state index in [0.29, 0.717) is 23.5 Å². The van der Waals surface area contributed by atoms with E-state index in [9.17, 15) is 14.7 Å². The topological polar surface area (TPSA) is 84.9 Å². The van der Waals surface area contributed by atoms with E-state index in [0.717, 1.165) is 5.56 Å². The van der Waals surface area contributed by atoms with Gasteiger partial charge in [-0.3, -0.25) is 4.79 Å². The molecule has 0 aliphatic heterocycles. The lowest BCUT2D eigenvalue weighted by Gasteiger charge is -2.17. The van der Waals surface area contributed by atoms with Crippen LogP contribution in [0.2, 0.25) is 0 Å². The summed E-state index contributed by atoms with van der Waals surface area (Å²) in [7, 11) is 3.00. The van der Waals surface area contributed by atoms with Gasteiger partial charge in [-0.25, -0.2) is 4.79 Å². The number of amides is 1. The van der Waals surface area contributed by atoms with Crippen molar-refractivity contribution in [2.45, 2.75) is 33.2 Å². The normalized spacial score (nSPS) is 11.9. The van der Waals surface area contributed by atoms with E-state index in [4.69, 9.17) is 9.47 Å². The first-order chi connectivity index (χ1) is 10.3. The molecule has 1 atom stereocenters. The summed E-state index contributed by atoms with van der Waals surface area (Å²) in [6.07, 6.45) is 0.362. The Labute approximate surface area is 130 Å². The Balaban J connectivity index is 3.04. The fourth-order valence-electron chi connectivity index (χ4n) is 2.15. The second-order valence-electron chi connectivity index (χ2n) is 5.50. The Bertz CT molecular complexity index is 528. The molecular weight excluding hydrogens is 286 g/mol. The molecule has 0 fully saturated rings. The zero-order chi connectivity index (χ0) is 16.9. The Morgan fingerprint density at radius 3 is 2.05 bits per heavy atom. The first kappa shape index (κ1) is 17.8.